The average molecular weight is 250 g/mol. The molecule has 2 N–H and O–H groups in total. The zero-order chi connectivity index (χ0) is 13.2. The lowest BCUT2D eigenvalue weighted by Gasteiger charge is -2.32. The molecular formula is C14H22N2O2. The minimum absolute atomic E-state index is 0.0294. The fourth-order valence-corrected chi connectivity index (χ4v) is 2.39. The Morgan fingerprint density at radius 3 is 2.83 bits per heavy atom. The molecule has 0 radical (unpaired) electrons. The highest BCUT2D eigenvalue weighted by Gasteiger charge is 2.28. The van der Waals surface area contributed by atoms with Gasteiger partial charge in [0.25, 0.3) is 0 Å². The van der Waals surface area contributed by atoms with Gasteiger partial charge in [-0.3, -0.25) is 0 Å². The van der Waals surface area contributed by atoms with E-state index in [1.807, 2.05) is 24.3 Å². The van der Waals surface area contributed by atoms with E-state index >= 15 is 0 Å². The van der Waals surface area contributed by atoms with E-state index in [0.717, 1.165) is 18.0 Å². The molecule has 1 aromatic rings. The molecule has 1 aliphatic heterocycles. The van der Waals surface area contributed by atoms with Gasteiger partial charge in [0.15, 0.2) is 0 Å². The summed E-state index contributed by atoms with van der Waals surface area (Å²) in [5.41, 5.74) is 1.01. The van der Waals surface area contributed by atoms with Gasteiger partial charge in [-0.1, -0.05) is 12.1 Å². The highest BCUT2D eigenvalue weighted by atomic mass is 16.5. The minimum atomic E-state index is -0.364. The first-order valence-electron chi connectivity index (χ1n) is 6.33. The van der Waals surface area contributed by atoms with Crippen LogP contribution in [-0.2, 0) is 0 Å². The number of aliphatic hydroxyl groups excluding tert-OH is 1. The van der Waals surface area contributed by atoms with E-state index in [2.05, 4.69) is 24.1 Å². The minimum Gasteiger partial charge on any atom is -0.495 e. The summed E-state index contributed by atoms with van der Waals surface area (Å²) in [6, 6.07) is 7.94. The maximum absolute atomic E-state index is 9.97. The molecule has 0 aromatic heterocycles. The molecule has 2 rings (SSSR count). The number of anilines is 1. The molecule has 0 spiro atoms. The van der Waals surface area contributed by atoms with Crippen LogP contribution in [0.4, 0.5) is 5.69 Å². The summed E-state index contributed by atoms with van der Waals surface area (Å²) in [6.07, 6.45) is -0.364. The van der Waals surface area contributed by atoms with Gasteiger partial charge >= 0.3 is 0 Å². The van der Waals surface area contributed by atoms with Gasteiger partial charge < -0.3 is 20.1 Å². The monoisotopic (exact) mass is 250 g/mol. The third-order valence-electron chi connectivity index (χ3n) is 3.26. The van der Waals surface area contributed by atoms with Gasteiger partial charge in [0, 0.05) is 25.2 Å². The first kappa shape index (κ1) is 13.2. The molecule has 1 fully saturated rings. The number of ether oxygens (including phenoxy) is 1. The van der Waals surface area contributed by atoms with Crippen LogP contribution in [0.3, 0.4) is 0 Å². The SMILES string of the molecule is COc1ccccc1N1CC(O)CNC(C)(C)C1. The summed E-state index contributed by atoms with van der Waals surface area (Å²) in [6.45, 7) is 6.38. The van der Waals surface area contributed by atoms with Crippen molar-refractivity contribution in [3.8, 4) is 5.75 Å². The molecule has 1 aromatic carbocycles. The Balaban J connectivity index is 2.29. The molecule has 1 saturated heterocycles. The van der Waals surface area contributed by atoms with Crippen LogP contribution in [0.2, 0.25) is 0 Å². The van der Waals surface area contributed by atoms with E-state index in [0.29, 0.717) is 13.1 Å². The highest BCUT2D eigenvalue weighted by molar-refractivity contribution is 5.59. The predicted molar refractivity (Wildman–Crippen MR) is 73.3 cm³/mol. The van der Waals surface area contributed by atoms with Crippen LogP contribution < -0.4 is 15.0 Å². The molecule has 0 amide bonds. The standard InChI is InChI=1S/C14H22N2O2/c1-14(2)10-16(9-11(17)8-15-14)12-6-4-5-7-13(12)18-3/h4-7,11,15,17H,8-10H2,1-3H3. The summed E-state index contributed by atoms with van der Waals surface area (Å²) in [5, 5.41) is 13.3. The molecular weight excluding hydrogens is 228 g/mol. The molecule has 1 atom stereocenters. The Morgan fingerprint density at radius 1 is 1.39 bits per heavy atom. The Hall–Kier alpha value is -1.26. The second kappa shape index (κ2) is 5.16. The normalized spacial score (nSPS) is 23.6. The molecule has 4 nitrogen and oxygen atoms in total. The summed E-state index contributed by atoms with van der Waals surface area (Å²) >= 11 is 0. The van der Waals surface area contributed by atoms with E-state index in [-0.39, 0.29) is 11.6 Å². The molecule has 18 heavy (non-hydrogen) atoms. The number of nitrogens with one attached hydrogen (secondary N) is 1. The van der Waals surface area contributed by atoms with Gasteiger partial charge in [-0.25, -0.2) is 0 Å². The summed E-state index contributed by atoms with van der Waals surface area (Å²) < 4.78 is 5.40. The average Bonchev–Trinajstić information content (AvgIpc) is 2.48. The lowest BCUT2D eigenvalue weighted by atomic mass is 10.1. The van der Waals surface area contributed by atoms with Crippen molar-refractivity contribution >= 4 is 5.69 Å². The van der Waals surface area contributed by atoms with E-state index < -0.39 is 0 Å². The molecule has 0 aliphatic carbocycles. The van der Waals surface area contributed by atoms with Crippen LogP contribution in [0, 0.1) is 0 Å². The maximum Gasteiger partial charge on any atom is 0.142 e. The smallest absolute Gasteiger partial charge is 0.142 e. The summed E-state index contributed by atoms with van der Waals surface area (Å²) in [4.78, 5) is 2.18. The van der Waals surface area contributed by atoms with Gasteiger partial charge in [-0.2, -0.15) is 0 Å². The van der Waals surface area contributed by atoms with Crippen molar-refractivity contribution in [1.29, 1.82) is 0 Å². The molecule has 0 bridgehead atoms. The van der Waals surface area contributed by atoms with Gasteiger partial charge in [-0.05, 0) is 26.0 Å². The molecule has 0 saturated carbocycles. The van der Waals surface area contributed by atoms with Gasteiger partial charge in [0.1, 0.15) is 5.75 Å². The third-order valence-corrected chi connectivity index (χ3v) is 3.26. The highest BCUT2D eigenvalue weighted by Crippen LogP contribution is 2.29. The van der Waals surface area contributed by atoms with Crippen LogP contribution in [0.15, 0.2) is 24.3 Å². The van der Waals surface area contributed by atoms with Crippen molar-refractivity contribution in [3.63, 3.8) is 0 Å². The van der Waals surface area contributed by atoms with Gasteiger partial charge in [-0.15, -0.1) is 0 Å². The Bertz CT molecular complexity index is 407. The first-order chi connectivity index (χ1) is 8.52. The summed E-state index contributed by atoms with van der Waals surface area (Å²) in [7, 11) is 1.68. The Kier molecular flexibility index (Phi) is 3.78. The van der Waals surface area contributed by atoms with Crippen LogP contribution in [0.25, 0.3) is 0 Å². The molecule has 100 valence electrons. The quantitative estimate of drug-likeness (QED) is 0.829. The molecule has 4 heteroatoms. The number of methoxy groups -OCH3 is 1. The number of β-amino-alcohol motifs (C(OH)–C–C–N with tert-alkyl or cyclic N) is 1. The molecule has 1 heterocycles. The predicted octanol–water partition coefficient (Wildman–Crippen LogP) is 1.24. The molecule has 1 aliphatic rings. The first-order valence-corrected chi connectivity index (χ1v) is 6.33. The van der Waals surface area contributed by atoms with E-state index in [4.69, 9.17) is 4.74 Å². The van der Waals surface area contributed by atoms with Crippen molar-refractivity contribution in [2.24, 2.45) is 0 Å². The van der Waals surface area contributed by atoms with Crippen molar-refractivity contribution < 1.29 is 9.84 Å². The lowest BCUT2D eigenvalue weighted by Crippen LogP contribution is -2.46. The number of nitrogens with zero attached hydrogens (tertiary/aromatic N) is 1. The van der Waals surface area contributed by atoms with E-state index in [1.54, 1.807) is 7.11 Å². The second-order valence-corrected chi connectivity index (χ2v) is 5.47. The number of hydrogen-bond donors (Lipinski definition) is 2. The zero-order valence-electron chi connectivity index (χ0n) is 11.3. The van der Waals surface area contributed by atoms with Crippen LogP contribution >= 0.6 is 0 Å². The Morgan fingerprint density at radius 2 is 2.11 bits per heavy atom. The fraction of sp³-hybridized carbons (Fsp3) is 0.571. The number of aliphatic hydroxyl groups is 1. The van der Waals surface area contributed by atoms with Crippen molar-refractivity contribution in [1.82, 2.24) is 5.32 Å². The maximum atomic E-state index is 9.97. The van der Waals surface area contributed by atoms with E-state index in [9.17, 15) is 5.11 Å². The zero-order valence-corrected chi connectivity index (χ0v) is 11.3. The number of benzene rings is 1. The van der Waals surface area contributed by atoms with E-state index in [1.165, 1.54) is 0 Å². The summed E-state index contributed by atoms with van der Waals surface area (Å²) in [5.74, 6) is 0.849. The Labute approximate surface area is 109 Å². The van der Waals surface area contributed by atoms with Crippen molar-refractivity contribution in [3.05, 3.63) is 24.3 Å². The fourth-order valence-electron chi connectivity index (χ4n) is 2.39. The van der Waals surface area contributed by atoms with Crippen LogP contribution in [0.5, 0.6) is 5.75 Å². The number of para-hydroxylation sites is 2. The van der Waals surface area contributed by atoms with Gasteiger partial charge in [0.05, 0.1) is 18.9 Å². The van der Waals surface area contributed by atoms with Crippen molar-refractivity contribution in [2.75, 3.05) is 31.6 Å². The van der Waals surface area contributed by atoms with Gasteiger partial charge in [0.2, 0.25) is 0 Å². The number of rotatable bonds is 2. The number of hydrogen-bond acceptors (Lipinski definition) is 4. The third kappa shape index (κ3) is 2.94. The second-order valence-electron chi connectivity index (χ2n) is 5.47. The topological polar surface area (TPSA) is 44.7 Å². The van der Waals surface area contributed by atoms with Crippen LogP contribution in [-0.4, -0.2) is 43.5 Å². The lowest BCUT2D eigenvalue weighted by molar-refractivity contribution is 0.179. The van der Waals surface area contributed by atoms with Crippen molar-refractivity contribution in [2.45, 2.75) is 25.5 Å². The molecule has 1 unspecified atom stereocenters. The van der Waals surface area contributed by atoms with Crippen LogP contribution in [0.1, 0.15) is 13.8 Å². The largest absolute Gasteiger partial charge is 0.495 e.